The molecule has 0 amide bonds. The van der Waals surface area contributed by atoms with E-state index < -0.39 is 5.97 Å². The van der Waals surface area contributed by atoms with Crippen molar-refractivity contribution in [2.24, 2.45) is 17.3 Å². The summed E-state index contributed by atoms with van der Waals surface area (Å²) in [6, 6.07) is 0. The summed E-state index contributed by atoms with van der Waals surface area (Å²) in [5, 5.41) is 8.98. The fraction of sp³-hybridized carbons (Fsp3) is 0.909. The van der Waals surface area contributed by atoms with Crippen LogP contribution in [0.25, 0.3) is 0 Å². The minimum Gasteiger partial charge on any atom is -0.481 e. The molecular weight excluding hydrogens is 164 g/mol. The topological polar surface area (TPSA) is 37.3 Å². The third kappa shape index (κ3) is 3.79. The van der Waals surface area contributed by atoms with E-state index in [9.17, 15) is 4.79 Å². The van der Waals surface area contributed by atoms with Gasteiger partial charge in [0.1, 0.15) is 0 Å². The molecule has 1 saturated carbocycles. The second-order valence-electron chi connectivity index (χ2n) is 5.38. The number of aliphatic carboxylic acids is 1. The van der Waals surface area contributed by atoms with Crippen LogP contribution in [0.1, 0.15) is 46.5 Å². The van der Waals surface area contributed by atoms with Crippen molar-refractivity contribution in [1.82, 2.24) is 0 Å². The highest BCUT2D eigenvalue weighted by atomic mass is 16.4. The average molecular weight is 184 g/mol. The SMILES string of the molecule is CC(C)(C)CCC(C(=O)O)C1CC1. The van der Waals surface area contributed by atoms with Gasteiger partial charge in [-0.15, -0.1) is 0 Å². The molecule has 1 rings (SSSR count). The highest BCUT2D eigenvalue weighted by molar-refractivity contribution is 5.70. The average Bonchev–Trinajstić information content (AvgIpc) is 2.67. The Bertz CT molecular complexity index is 187. The molecule has 1 fully saturated rings. The van der Waals surface area contributed by atoms with Crippen molar-refractivity contribution in [1.29, 1.82) is 0 Å². The smallest absolute Gasteiger partial charge is 0.306 e. The van der Waals surface area contributed by atoms with E-state index in [0.29, 0.717) is 5.92 Å². The highest BCUT2D eigenvalue weighted by Gasteiger charge is 2.36. The Hall–Kier alpha value is -0.530. The molecule has 1 aliphatic rings. The van der Waals surface area contributed by atoms with Gasteiger partial charge in [0.15, 0.2) is 0 Å². The molecule has 1 aliphatic carbocycles. The fourth-order valence-electron chi connectivity index (χ4n) is 1.65. The lowest BCUT2D eigenvalue weighted by Gasteiger charge is -2.20. The van der Waals surface area contributed by atoms with Gasteiger partial charge in [-0.3, -0.25) is 4.79 Å². The Labute approximate surface area is 80.3 Å². The van der Waals surface area contributed by atoms with E-state index in [-0.39, 0.29) is 11.3 Å². The van der Waals surface area contributed by atoms with Gasteiger partial charge in [0.25, 0.3) is 0 Å². The Morgan fingerprint density at radius 3 is 2.31 bits per heavy atom. The molecule has 76 valence electrons. The minimum absolute atomic E-state index is 0.0702. The van der Waals surface area contributed by atoms with E-state index >= 15 is 0 Å². The van der Waals surface area contributed by atoms with Gasteiger partial charge in [0, 0.05) is 0 Å². The zero-order valence-corrected chi connectivity index (χ0v) is 8.84. The number of rotatable bonds is 4. The summed E-state index contributed by atoms with van der Waals surface area (Å²) in [6.45, 7) is 6.50. The van der Waals surface area contributed by atoms with Crippen molar-refractivity contribution in [3.63, 3.8) is 0 Å². The zero-order chi connectivity index (χ0) is 10.1. The van der Waals surface area contributed by atoms with Crippen LogP contribution in [0, 0.1) is 17.3 Å². The fourth-order valence-corrected chi connectivity index (χ4v) is 1.65. The van der Waals surface area contributed by atoms with Crippen LogP contribution in [0.2, 0.25) is 0 Å². The maximum Gasteiger partial charge on any atom is 0.306 e. The summed E-state index contributed by atoms with van der Waals surface area (Å²) in [5.41, 5.74) is 0.266. The third-order valence-corrected chi connectivity index (χ3v) is 2.71. The molecule has 0 aromatic carbocycles. The first kappa shape index (κ1) is 10.6. The van der Waals surface area contributed by atoms with Gasteiger partial charge < -0.3 is 5.11 Å². The first-order valence-corrected chi connectivity index (χ1v) is 5.13. The van der Waals surface area contributed by atoms with E-state index in [2.05, 4.69) is 20.8 Å². The number of carboxylic acids is 1. The standard InChI is InChI=1S/C11H20O2/c1-11(2,3)7-6-9(10(12)13)8-4-5-8/h8-9H,4-7H2,1-3H3,(H,12,13). The van der Waals surface area contributed by atoms with Crippen molar-refractivity contribution in [2.75, 3.05) is 0 Å². The number of hydrogen-bond donors (Lipinski definition) is 1. The van der Waals surface area contributed by atoms with Gasteiger partial charge in [-0.2, -0.15) is 0 Å². The van der Waals surface area contributed by atoms with Crippen molar-refractivity contribution in [3.05, 3.63) is 0 Å². The lowest BCUT2D eigenvalue weighted by molar-refractivity contribution is -0.142. The van der Waals surface area contributed by atoms with Crippen LogP contribution in [-0.2, 0) is 4.79 Å². The van der Waals surface area contributed by atoms with Crippen LogP contribution in [0.3, 0.4) is 0 Å². The number of hydrogen-bond acceptors (Lipinski definition) is 1. The van der Waals surface area contributed by atoms with Crippen molar-refractivity contribution in [3.8, 4) is 0 Å². The summed E-state index contributed by atoms with van der Waals surface area (Å²) < 4.78 is 0. The van der Waals surface area contributed by atoms with E-state index in [1.54, 1.807) is 0 Å². The predicted molar refractivity (Wildman–Crippen MR) is 52.5 cm³/mol. The molecular formula is C11H20O2. The van der Waals surface area contributed by atoms with Gasteiger partial charge in [0.05, 0.1) is 5.92 Å². The number of carbonyl (C=O) groups is 1. The number of carboxylic acid groups (broad SMARTS) is 1. The summed E-state index contributed by atoms with van der Waals surface area (Å²) >= 11 is 0. The summed E-state index contributed by atoms with van der Waals surface area (Å²) in [6.07, 6.45) is 4.12. The van der Waals surface area contributed by atoms with E-state index in [1.165, 1.54) is 0 Å². The second-order valence-corrected chi connectivity index (χ2v) is 5.38. The Morgan fingerprint density at radius 1 is 1.46 bits per heavy atom. The van der Waals surface area contributed by atoms with Crippen LogP contribution in [0.4, 0.5) is 0 Å². The molecule has 0 radical (unpaired) electrons. The summed E-state index contributed by atoms with van der Waals surface area (Å²) in [7, 11) is 0. The molecule has 0 aliphatic heterocycles. The Kier molecular flexibility index (Phi) is 2.99. The first-order chi connectivity index (χ1) is 5.90. The van der Waals surface area contributed by atoms with Gasteiger partial charge in [-0.05, 0) is 37.0 Å². The molecule has 0 spiro atoms. The van der Waals surface area contributed by atoms with Crippen LogP contribution in [0.15, 0.2) is 0 Å². The van der Waals surface area contributed by atoms with Crippen molar-refractivity contribution < 1.29 is 9.90 Å². The maximum atomic E-state index is 10.9. The Balaban J connectivity index is 2.35. The maximum absolute atomic E-state index is 10.9. The largest absolute Gasteiger partial charge is 0.481 e. The molecule has 0 aromatic rings. The van der Waals surface area contributed by atoms with E-state index in [4.69, 9.17) is 5.11 Å². The van der Waals surface area contributed by atoms with E-state index in [1.807, 2.05) is 0 Å². The summed E-state index contributed by atoms with van der Waals surface area (Å²) in [5.74, 6) is -0.175. The first-order valence-electron chi connectivity index (χ1n) is 5.13. The van der Waals surface area contributed by atoms with Gasteiger partial charge in [-0.1, -0.05) is 20.8 Å². The van der Waals surface area contributed by atoms with Gasteiger partial charge in [0.2, 0.25) is 0 Å². The zero-order valence-electron chi connectivity index (χ0n) is 8.84. The van der Waals surface area contributed by atoms with Crippen molar-refractivity contribution >= 4 is 5.97 Å². The molecule has 0 bridgehead atoms. The molecule has 1 atom stereocenters. The highest BCUT2D eigenvalue weighted by Crippen LogP contribution is 2.40. The van der Waals surface area contributed by atoms with Crippen molar-refractivity contribution in [2.45, 2.75) is 46.5 Å². The monoisotopic (exact) mass is 184 g/mol. The predicted octanol–water partition coefficient (Wildman–Crippen LogP) is 2.92. The quantitative estimate of drug-likeness (QED) is 0.729. The molecule has 2 heteroatoms. The molecule has 0 saturated heterocycles. The molecule has 1 unspecified atom stereocenters. The van der Waals surface area contributed by atoms with Crippen LogP contribution in [0.5, 0.6) is 0 Å². The molecule has 13 heavy (non-hydrogen) atoms. The second kappa shape index (κ2) is 3.69. The Morgan fingerprint density at radius 2 is 2.00 bits per heavy atom. The minimum atomic E-state index is -0.591. The van der Waals surface area contributed by atoms with Crippen LogP contribution in [-0.4, -0.2) is 11.1 Å². The van der Waals surface area contributed by atoms with E-state index in [0.717, 1.165) is 25.7 Å². The molecule has 0 heterocycles. The third-order valence-electron chi connectivity index (χ3n) is 2.71. The van der Waals surface area contributed by atoms with Crippen LogP contribution < -0.4 is 0 Å². The van der Waals surface area contributed by atoms with Gasteiger partial charge in [-0.25, -0.2) is 0 Å². The lowest BCUT2D eigenvalue weighted by Crippen LogP contribution is -2.18. The van der Waals surface area contributed by atoms with Gasteiger partial charge >= 0.3 is 5.97 Å². The summed E-state index contributed by atoms with van der Waals surface area (Å²) in [4.78, 5) is 10.9. The van der Waals surface area contributed by atoms with Crippen LogP contribution >= 0.6 is 0 Å². The molecule has 1 N–H and O–H groups in total. The molecule has 0 aromatic heterocycles. The lowest BCUT2D eigenvalue weighted by atomic mass is 9.85. The normalized spacial score (nSPS) is 19.9. The molecule has 2 nitrogen and oxygen atoms in total.